The third-order valence-electron chi connectivity index (χ3n) is 6.21. The van der Waals surface area contributed by atoms with E-state index in [2.05, 4.69) is 9.47 Å². The van der Waals surface area contributed by atoms with Gasteiger partial charge in [0.2, 0.25) is 0 Å². The van der Waals surface area contributed by atoms with Crippen LogP contribution in [0.3, 0.4) is 0 Å². The first-order chi connectivity index (χ1) is 14.6. The van der Waals surface area contributed by atoms with Crippen LogP contribution in [0.2, 0.25) is 0 Å². The number of benzene rings is 1. The van der Waals surface area contributed by atoms with Crippen molar-refractivity contribution in [1.29, 1.82) is 0 Å². The average Bonchev–Trinajstić information content (AvgIpc) is 2.94. The fourth-order valence-corrected chi connectivity index (χ4v) is 4.63. The minimum absolute atomic E-state index is 0.0238. The Bertz CT molecular complexity index is 1100. The Morgan fingerprint density at radius 1 is 1.00 bits per heavy atom. The Labute approximate surface area is 176 Å². The number of rotatable bonds is 2. The molecule has 0 atom stereocenters. The molecule has 1 amide bonds. The van der Waals surface area contributed by atoms with E-state index in [4.69, 9.17) is 9.97 Å². The number of para-hydroxylation sites is 2. The summed E-state index contributed by atoms with van der Waals surface area (Å²) in [5, 5.41) is 10.1. The number of carbonyl (C=O) groups is 1. The van der Waals surface area contributed by atoms with Crippen molar-refractivity contribution in [2.24, 2.45) is 0 Å². The van der Waals surface area contributed by atoms with Gasteiger partial charge in [0.15, 0.2) is 5.65 Å². The van der Waals surface area contributed by atoms with Crippen molar-refractivity contribution in [2.45, 2.75) is 39.2 Å². The predicted octanol–water partition coefficient (Wildman–Crippen LogP) is 3.13. The van der Waals surface area contributed by atoms with Crippen LogP contribution in [0.25, 0.3) is 11.2 Å². The summed E-state index contributed by atoms with van der Waals surface area (Å²) in [6.07, 6.45) is 4.43. The molecule has 156 valence electrons. The van der Waals surface area contributed by atoms with Crippen molar-refractivity contribution in [3.63, 3.8) is 0 Å². The Morgan fingerprint density at radius 3 is 2.60 bits per heavy atom. The van der Waals surface area contributed by atoms with Crippen molar-refractivity contribution < 1.29 is 9.90 Å². The molecule has 1 aromatic carbocycles. The summed E-state index contributed by atoms with van der Waals surface area (Å²) >= 11 is 0. The molecule has 7 heteroatoms. The van der Waals surface area contributed by atoms with Crippen molar-refractivity contribution in [2.75, 3.05) is 31.1 Å². The Hall–Kier alpha value is -3.09. The number of pyridine rings is 1. The number of amides is 1. The standard InChI is InChI=1S/C23H27N5O2/c1-16-15-17(21-22(24-16)28-10-6-2-3-9-20(28)25-21)23(30)27-13-11-26(12-14-27)18-7-4-5-8-19(18)29/h4-5,7-8,15,29H,2-3,6,9-14H2,1H3. The number of nitrogens with zero attached hydrogens (tertiary/aromatic N) is 5. The van der Waals surface area contributed by atoms with E-state index in [9.17, 15) is 9.90 Å². The second kappa shape index (κ2) is 7.63. The number of aryl methyl sites for hydroxylation is 3. The molecule has 1 fully saturated rings. The van der Waals surface area contributed by atoms with Gasteiger partial charge in [-0.15, -0.1) is 0 Å². The molecular formula is C23H27N5O2. The molecule has 0 unspecified atom stereocenters. The molecule has 4 heterocycles. The molecule has 0 saturated carbocycles. The summed E-state index contributed by atoms with van der Waals surface area (Å²) in [4.78, 5) is 27.1. The predicted molar refractivity (Wildman–Crippen MR) is 116 cm³/mol. The fourth-order valence-electron chi connectivity index (χ4n) is 4.63. The minimum atomic E-state index is 0.0238. The molecule has 2 aromatic heterocycles. The molecular weight excluding hydrogens is 378 g/mol. The van der Waals surface area contributed by atoms with Crippen LogP contribution in [0.4, 0.5) is 5.69 Å². The van der Waals surface area contributed by atoms with E-state index in [1.54, 1.807) is 6.07 Å². The SMILES string of the molecule is Cc1cc(C(=O)N2CCN(c3ccccc3O)CC2)c2nc3n(c2n1)CCCCC3. The number of aromatic hydroxyl groups is 1. The van der Waals surface area contributed by atoms with Crippen LogP contribution < -0.4 is 4.90 Å². The topological polar surface area (TPSA) is 74.5 Å². The zero-order valence-corrected chi connectivity index (χ0v) is 17.3. The normalized spacial score (nSPS) is 17.1. The smallest absolute Gasteiger partial charge is 0.256 e. The van der Waals surface area contributed by atoms with E-state index < -0.39 is 0 Å². The van der Waals surface area contributed by atoms with E-state index in [1.807, 2.05) is 36.1 Å². The van der Waals surface area contributed by atoms with Crippen molar-refractivity contribution in [3.8, 4) is 5.75 Å². The number of imidazole rings is 1. The van der Waals surface area contributed by atoms with Crippen LogP contribution in [0.5, 0.6) is 5.75 Å². The lowest BCUT2D eigenvalue weighted by Crippen LogP contribution is -2.48. The summed E-state index contributed by atoms with van der Waals surface area (Å²) in [7, 11) is 0. The van der Waals surface area contributed by atoms with Gasteiger partial charge in [-0.25, -0.2) is 9.97 Å². The van der Waals surface area contributed by atoms with Gasteiger partial charge in [-0.3, -0.25) is 4.79 Å². The van der Waals surface area contributed by atoms with Crippen molar-refractivity contribution in [3.05, 3.63) is 47.4 Å². The molecule has 30 heavy (non-hydrogen) atoms. The lowest BCUT2D eigenvalue weighted by atomic mass is 10.1. The summed E-state index contributed by atoms with van der Waals surface area (Å²) in [6, 6.07) is 9.24. The van der Waals surface area contributed by atoms with E-state index in [1.165, 1.54) is 6.42 Å². The fraction of sp³-hybridized carbons (Fsp3) is 0.435. The lowest BCUT2D eigenvalue weighted by Gasteiger charge is -2.36. The Morgan fingerprint density at radius 2 is 1.80 bits per heavy atom. The number of anilines is 1. The molecule has 0 spiro atoms. The summed E-state index contributed by atoms with van der Waals surface area (Å²) in [5.41, 5.74) is 3.93. The van der Waals surface area contributed by atoms with Crippen molar-refractivity contribution >= 4 is 22.8 Å². The zero-order valence-electron chi connectivity index (χ0n) is 17.3. The number of fused-ring (bicyclic) bond motifs is 3. The van der Waals surface area contributed by atoms with Gasteiger partial charge in [0, 0.05) is 44.8 Å². The van der Waals surface area contributed by atoms with Gasteiger partial charge in [-0.1, -0.05) is 18.6 Å². The molecule has 3 aromatic rings. The van der Waals surface area contributed by atoms with E-state index in [-0.39, 0.29) is 11.7 Å². The highest BCUT2D eigenvalue weighted by Gasteiger charge is 2.27. The number of piperazine rings is 1. The van der Waals surface area contributed by atoms with Gasteiger partial charge in [0.25, 0.3) is 5.91 Å². The molecule has 0 radical (unpaired) electrons. The first-order valence-corrected chi connectivity index (χ1v) is 10.8. The average molecular weight is 406 g/mol. The van der Waals surface area contributed by atoms with Crippen LogP contribution in [-0.2, 0) is 13.0 Å². The van der Waals surface area contributed by atoms with Crippen LogP contribution in [-0.4, -0.2) is 56.6 Å². The van der Waals surface area contributed by atoms with E-state index in [0.29, 0.717) is 31.7 Å². The van der Waals surface area contributed by atoms with Crippen LogP contribution >= 0.6 is 0 Å². The molecule has 1 N–H and O–H groups in total. The van der Waals surface area contributed by atoms with Gasteiger partial charge < -0.3 is 19.5 Å². The highest BCUT2D eigenvalue weighted by Crippen LogP contribution is 2.28. The third-order valence-corrected chi connectivity index (χ3v) is 6.21. The van der Waals surface area contributed by atoms with Crippen LogP contribution in [0.1, 0.15) is 41.1 Å². The number of hydrogen-bond acceptors (Lipinski definition) is 5. The second-order valence-corrected chi connectivity index (χ2v) is 8.24. The summed E-state index contributed by atoms with van der Waals surface area (Å²) in [6.45, 7) is 5.48. The molecule has 7 nitrogen and oxygen atoms in total. The summed E-state index contributed by atoms with van der Waals surface area (Å²) < 4.78 is 2.21. The van der Waals surface area contributed by atoms with Gasteiger partial charge in [-0.05, 0) is 38.0 Å². The molecule has 1 saturated heterocycles. The number of phenols is 1. The van der Waals surface area contributed by atoms with Gasteiger partial charge in [0.05, 0.1) is 11.3 Å². The molecule has 5 rings (SSSR count). The largest absolute Gasteiger partial charge is 0.506 e. The van der Waals surface area contributed by atoms with E-state index in [0.717, 1.165) is 54.2 Å². The van der Waals surface area contributed by atoms with Gasteiger partial charge >= 0.3 is 0 Å². The maximum atomic E-state index is 13.4. The monoisotopic (exact) mass is 405 g/mol. The number of carbonyl (C=O) groups excluding carboxylic acids is 1. The Balaban J connectivity index is 1.41. The van der Waals surface area contributed by atoms with Gasteiger partial charge in [-0.2, -0.15) is 0 Å². The minimum Gasteiger partial charge on any atom is -0.506 e. The second-order valence-electron chi connectivity index (χ2n) is 8.24. The third kappa shape index (κ3) is 3.28. The molecule has 0 bridgehead atoms. The quantitative estimate of drug-likeness (QED) is 0.709. The molecule has 0 aliphatic carbocycles. The Kier molecular flexibility index (Phi) is 4.81. The van der Waals surface area contributed by atoms with E-state index >= 15 is 0 Å². The number of hydrogen-bond donors (Lipinski definition) is 1. The number of aromatic nitrogens is 3. The highest BCUT2D eigenvalue weighted by atomic mass is 16.3. The summed E-state index contributed by atoms with van der Waals surface area (Å²) in [5.74, 6) is 1.36. The van der Waals surface area contributed by atoms with Gasteiger partial charge in [0.1, 0.15) is 17.1 Å². The first-order valence-electron chi connectivity index (χ1n) is 10.8. The first kappa shape index (κ1) is 18.9. The highest BCUT2D eigenvalue weighted by molar-refractivity contribution is 6.04. The maximum Gasteiger partial charge on any atom is 0.256 e. The lowest BCUT2D eigenvalue weighted by molar-refractivity contribution is 0.0748. The zero-order chi connectivity index (χ0) is 20.7. The number of phenolic OH excluding ortho intramolecular Hbond substituents is 1. The van der Waals surface area contributed by atoms with Crippen LogP contribution in [0.15, 0.2) is 30.3 Å². The molecule has 2 aliphatic rings. The van der Waals surface area contributed by atoms with Crippen LogP contribution in [0, 0.1) is 6.92 Å². The molecule has 2 aliphatic heterocycles. The maximum absolute atomic E-state index is 13.4. The van der Waals surface area contributed by atoms with Crippen molar-refractivity contribution in [1.82, 2.24) is 19.4 Å².